The first-order valence-corrected chi connectivity index (χ1v) is 7.07. The summed E-state index contributed by atoms with van der Waals surface area (Å²) in [7, 11) is -2.91. The quantitative estimate of drug-likeness (QED) is 0.663. The molecule has 2 atom stereocenters. The van der Waals surface area contributed by atoms with Crippen LogP contribution in [0.3, 0.4) is 0 Å². The molecule has 0 spiro atoms. The lowest BCUT2D eigenvalue weighted by Gasteiger charge is -2.32. The molecule has 0 aliphatic carbocycles. The zero-order chi connectivity index (χ0) is 11.8. The van der Waals surface area contributed by atoms with E-state index in [1.54, 1.807) is 0 Å². The van der Waals surface area contributed by atoms with Crippen LogP contribution in [-0.4, -0.2) is 68.2 Å². The molecule has 2 heterocycles. The Morgan fingerprint density at radius 3 is 2.44 bits per heavy atom. The molecular formula is C9H15NO5S. The Morgan fingerprint density at radius 2 is 1.88 bits per heavy atom. The Labute approximate surface area is 94.1 Å². The summed E-state index contributed by atoms with van der Waals surface area (Å²) in [5, 5.41) is 8.99. The normalized spacial score (nSPS) is 35.0. The lowest BCUT2D eigenvalue weighted by Crippen LogP contribution is -2.50. The average Bonchev–Trinajstić information content (AvgIpc) is 2.66. The van der Waals surface area contributed by atoms with E-state index in [2.05, 4.69) is 0 Å². The van der Waals surface area contributed by atoms with E-state index < -0.39 is 21.7 Å². The molecule has 2 rings (SSSR count). The Bertz CT molecular complexity index is 365. The molecule has 2 fully saturated rings. The van der Waals surface area contributed by atoms with Crippen LogP contribution in [0.15, 0.2) is 0 Å². The summed E-state index contributed by atoms with van der Waals surface area (Å²) < 4.78 is 27.7. The van der Waals surface area contributed by atoms with Crippen molar-refractivity contribution in [3.8, 4) is 0 Å². The summed E-state index contributed by atoms with van der Waals surface area (Å²) in [5.74, 6) is -1.15. The monoisotopic (exact) mass is 249 g/mol. The van der Waals surface area contributed by atoms with Crippen LogP contribution in [0.4, 0.5) is 0 Å². The van der Waals surface area contributed by atoms with Crippen LogP contribution in [0.5, 0.6) is 0 Å². The van der Waals surface area contributed by atoms with Crippen molar-refractivity contribution in [3.05, 3.63) is 0 Å². The van der Waals surface area contributed by atoms with Gasteiger partial charge >= 0.3 is 5.97 Å². The summed E-state index contributed by atoms with van der Waals surface area (Å²) in [4.78, 5) is 12.9. The highest BCUT2D eigenvalue weighted by Gasteiger charge is 2.39. The Hall–Kier alpha value is -0.660. The van der Waals surface area contributed by atoms with Gasteiger partial charge in [-0.25, -0.2) is 8.42 Å². The maximum atomic E-state index is 11.3. The van der Waals surface area contributed by atoms with E-state index >= 15 is 0 Å². The fraction of sp³-hybridized carbons (Fsp3) is 0.889. The Balaban J connectivity index is 2.01. The highest BCUT2D eigenvalue weighted by molar-refractivity contribution is 7.91. The molecule has 2 aliphatic rings. The van der Waals surface area contributed by atoms with Gasteiger partial charge < -0.3 is 9.84 Å². The van der Waals surface area contributed by atoms with Crippen molar-refractivity contribution in [2.24, 2.45) is 5.92 Å². The van der Waals surface area contributed by atoms with Crippen molar-refractivity contribution in [1.29, 1.82) is 0 Å². The number of carbonyl (C=O) groups is 1. The van der Waals surface area contributed by atoms with E-state index in [1.165, 1.54) is 0 Å². The first-order chi connectivity index (χ1) is 7.49. The molecule has 0 aromatic carbocycles. The number of rotatable bonds is 2. The van der Waals surface area contributed by atoms with Crippen LogP contribution in [-0.2, 0) is 19.4 Å². The first kappa shape index (κ1) is 11.8. The number of carboxylic acids is 1. The molecule has 0 aromatic rings. The second kappa shape index (κ2) is 4.31. The van der Waals surface area contributed by atoms with Crippen molar-refractivity contribution in [2.75, 3.05) is 37.8 Å². The molecule has 0 bridgehead atoms. The van der Waals surface area contributed by atoms with Crippen LogP contribution in [0.1, 0.15) is 0 Å². The molecule has 7 heteroatoms. The predicted octanol–water partition coefficient (Wildman–Crippen LogP) is -1.18. The molecule has 92 valence electrons. The first-order valence-electron chi connectivity index (χ1n) is 5.24. The lowest BCUT2D eigenvalue weighted by molar-refractivity contribution is -0.143. The van der Waals surface area contributed by atoms with Crippen molar-refractivity contribution in [2.45, 2.75) is 6.04 Å². The summed E-state index contributed by atoms with van der Waals surface area (Å²) in [6.45, 7) is 1.44. The minimum atomic E-state index is -2.91. The van der Waals surface area contributed by atoms with E-state index in [1.807, 2.05) is 4.90 Å². The molecule has 0 radical (unpaired) electrons. The van der Waals surface area contributed by atoms with Crippen LogP contribution < -0.4 is 0 Å². The highest BCUT2D eigenvalue weighted by atomic mass is 32.2. The predicted molar refractivity (Wildman–Crippen MR) is 56.0 cm³/mol. The number of carboxylic acid groups (broad SMARTS) is 1. The maximum Gasteiger partial charge on any atom is 0.310 e. The van der Waals surface area contributed by atoms with Gasteiger partial charge in [0.2, 0.25) is 0 Å². The smallest absolute Gasteiger partial charge is 0.310 e. The summed E-state index contributed by atoms with van der Waals surface area (Å²) >= 11 is 0. The molecule has 6 nitrogen and oxygen atoms in total. The fourth-order valence-electron chi connectivity index (χ4n) is 2.20. The zero-order valence-corrected chi connectivity index (χ0v) is 9.65. The van der Waals surface area contributed by atoms with Crippen molar-refractivity contribution < 1.29 is 23.1 Å². The maximum absolute atomic E-state index is 11.3. The van der Waals surface area contributed by atoms with E-state index in [9.17, 15) is 13.2 Å². The van der Waals surface area contributed by atoms with Crippen LogP contribution in [0, 0.1) is 5.92 Å². The topological polar surface area (TPSA) is 83.9 Å². The molecule has 2 unspecified atom stereocenters. The Kier molecular flexibility index (Phi) is 3.18. The van der Waals surface area contributed by atoms with Gasteiger partial charge in [-0.15, -0.1) is 0 Å². The third kappa shape index (κ3) is 2.36. The standard InChI is InChI=1S/C9H15NO5S/c11-9(12)7-5-15-6-8(7)10-1-3-16(13,14)4-2-10/h7-8H,1-6H2,(H,11,12). The lowest BCUT2D eigenvalue weighted by atomic mass is 10.0. The van der Waals surface area contributed by atoms with E-state index in [0.717, 1.165) is 0 Å². The highest BCUT2D eigenvalue weighted by Crippen LogP contribution is 2.21. The molecule has 0 saturated carbocycles. The minimum Gasteiger partial charge on any atom is -0.481 e. The number of hydrogen-bond acceptors (Lipinski definition) is 5. The van der Waals surface area contributed by atoms with Crippen molar-refractivity contribution >= 4 is 15.8 Å². The van der Waals surface area contributed by atoms with Crippen molar-refractivity contribution in [1.82, 2.24) is 4.90 Å². The van der Waals surface area contributed by atoms with Gasteiger partial charge in [-0.3, -0.25) is 9.69 Å². The van der Waals surface area contributed by atoms with Gasteiger partial charge in [-0.1, -0.05) is 0 Å². The molecule has 0 amide bonds. The van der Waals surface area contributed by atoms with Gasteiger partial charge in [0.05, 0.1) is 30.6 Å². The van der Waals surface area contributed by atoms with Gasteiger partial charge in [0.15, 0.2) is 9.84 Å². The molecule has 16 heavy (non-hydrogen) atoms. The van der Waals surface area contributed by atoms with Gasteiger partial charge in [-0.2, -0.15) is 0 Å². The largest absolute Gasteiger partial charge is 0.481 e. The second-order valence-corrected chi connectivity index (χ2v) is 6.54. The van der Waals surface area contributed by atoms with E-state index in [4.69, 9.17) is 9.84 Å². The van der Waals surface area contributed by atoms with Crippen LogP contribution in [0.2, 0.25) is 0 Å². The van der Waals surface area contributed by atoms with Gasteiger partial charge in [-0.05, 0) is 0 Å². The molecule has 1 N–H and O–H groups in total. The summed E-state index contributed by atoms with van der Waals surface area (Å²) in [6.07, 6.45) is 0. The molecule has 0 aromatic heterocycles. The summed E-state index contributed by atoms with van der Waals surface area (Å²) in [6, 6.07) is -0.173. The fourth-order valence-corrected chi connectivity index (χ4v) is 3.43. The summed E-state index contributed by atoms with van der Waals surface area (Å²) in [5.41, 5.74) is 0. The van der Waals surface area contributed by atoms with Crippen molar-refractivity contribution in [3.63, 3.8) is 0 Å². The number of hydrogen-bond donors (Lipinski definition) is 1. The SMILES string of the molecule is O=C(O)C1COCC1N1CCS(=O)(=O)CC1. The number of ether oxygens (including phenoxy) is 1. The number of aliphatic carboxylic acids is 1. The van der Waals surface area contributed by atoms with Crippen LogP contribution >= 0.6 is 0 Å². The molecular weight excluding hydrogens is 234 g/mol. The third-order valence-corrected chi connectivity index (χ3v) is 4.82. The number of sulfone groups is 1. The third-order valence-electron chi connectivity index (χ3n) is 3.22. The van der Waals surface area contributed by atoms with Gasteiger partial charge in [0.25, 0.3) is 0 Å². The minimum absolute atomic E-state index is 0.121. The second-order valence-electron chi connectivity index (χ2n) is 4.24. The van der Waals surface area contributed by atoms with Crippen LogP contribution in [0.25, 0.3) is 0 Å². The zero-order valence-electron chi connectivity index (χ0n) is 8.83. The Morgan fingerprint density at radius 1 is 1.25 bits per heavy atom. The molecule has 2 saturated heterocycles. The van der Waals surface area contributed by atoms with E-state index in [-0.39, 0.29) is 24.2 Å². The van der Waals surface area contributed by atoms with Gasteiger partial charge in [0.1, 0.15) is 0 Å². The number of nitrogens with zero attached hydrogens (tertiary/aromatic N) is 1. The average molecular weight is 249 g/mol. The van der Waals surface area contributed by atoms with E-state index in [0.29, 0.717) is 19.7 Å². The molecule has 2 aliphatic heterocycles. The van der Waals surface area contributed by atoms with Gasteiger partial charge in [0, 0.05) is 19.1 Å².